The van der Waals surface area contributed by atoms with E-state index in [2.05, 4.69) is 11.6 Å². The van der Waals surface area contributed by atoms with Crippen LogP contribution in [-0.2, 0) is 15.7 Å². The van der Waals surface area contributed by atoms with Gasteiger partial charge in [0.05, 0.1) is 27.9 Å². The minimum Gasteiger partial charge on any atom is -0.462 e. The molecule has 0 spiro atoms. The summed E-state index contributed by atoms with van der Waals surface area (Å²) in [5.41, 5.74) is 2.07. The van der Waals surface area contributed by atoms with E-state index < -0.39 is 11.0 Å². The Kier molecular flexibility index (Phi) is 6.44. The molecule has 0 bridgehead atoms. The van der Waals surface area contributed by atoms with Gasteiger partial charge < -0.3 is 4.74 Å². The van der Waals surface area contributed by atoms with Crippen molar-refractivity contribution < 1.29 is 13.7 Å². The summed E-state index contributed by atoms with van der Waals surface area (Å²) in [6, 6.07) is 7.49. The van der Waals surface area contributed by atoms with Crippen molar-refractivity contribution in [1.82, 2.24) is 4.72 Å². The molecule has 1 fully saturated rings. The van der Waals surface area contributed by atoms with E-state index in [9.17, 15) is 9.00 Å². The van der Waals surface area contributed by atoms with Crippen LogP contribution in [0.1, 0.15) is 82.3 Å². The molecule has 1 aromatic carbocycles. The molecule has 0 aliphatic heterocycles. The molecule has 0 saturated heterocycles. The van der Waals surface area contributed by atoms with Crippen LogP contribution in [0.25, 0.3) is 0 Å². The summed E-state index contributed by atoms with van der Waals surface area (Å²) in [6.07, 6.45) is 4.62. The van der Waals surface area contributed by atoms with Gasteiger partial charge in [0.25, 0.3) is 0 Å². The highest BCUT2D eigenvalue weighted by Gasteiger charge is 2.37. The van der Waals surface area contributed by atoms with Crippen LogP contribution in [0.15, 0.2) is 24.3 Å². The Labute approximate surface area is 154 Å². The van der Waals surface area contributed by atoms with Crippen LogP contribution in [0.4, 0.5) is 0 Å². The standard InChI is InChI=1S/C20H31NO3S/c1-6-24-18(22)16-9-7-15(8-10-16)17(11-12-20(5)13-14-20)21-25(23)19(2,3)4/h7-10,17,21H,6,11-14H2,1-5H3/t17-,25?/m0/s1. The third kappa shape index (κ3) is 5.93. The third-order valence-corrected chi connectivity index (χ3v) is 6.38. The fraction of sp³-hybridized carbons (Fsp3) is 0.650. The Balaban J connectivity index is 2.12. The second kappa shape index (κ2) is 8.00. The number of hydrogen-bond donors (Lipinski definition) is 1. The topological polar surface area (TPSA) is 55.4 Å². The van der Waals surface area contributed by atoms with Crippen molar-refractivity contribution in [2.24, 2.45) is 5.41 Å². The lowest BCUT2D eigenvalue weighted by Crippen LogP contribution is -2.36. The van der Waals surface area contributed by atoms with Gasteiger partial charge in [-0.3, -0.25) is 0 Å². The maximum Gasteiger partial charge on any atom is 0.338 e. The molecule has 0 amide bonds. The number of hydrogen-bond acceptors (Lipinski definition) is 3. The first-order valence-electron chi connectivity index (χ1n) is 9.10. The molecular weight excluding hydrogens is 334 g/mol. The lowest BCUT2D eigenvalue weighted by molar-refractivity contribution is 0.0526. The summed E-state index contributed by atoms with van der Waals surface area (Å²) < 4.78 is 20.6. The fourth-order valence-corrected chi connectivity index (χ4v) is 3.49. The van der Waals surface area contributed by atoms with Crippen molar-refractivity contribution in [3.05, 3.63) is 35.4 Å². The van der Waals surface area contributed by atoms with Crippen molar-refractivity contribution in [2.45, 2.75) is 71.1 Å². The van der Waals surface area contributed by atoms with Crippen LogP contribution in [0.3, 0.4) is 0 Å². The van der Waals surface area contributed by atoms with Gasteiger partial charge in [-0.1, -0.05) is 19.1 Å². The van der Waals surface area contributed by atoms with E-state index in [0.717, 1.165) is 18.4 Å². The zero-order chi connectivity index (χ0) is 18.7. The Hall–Kier alpha value is -1.20. The first-order valence-corrected chi connectivity index (χ1v) is 10.2. The SMILES string of the molecule is CCOC(=O)c1ccc([C@H](CCC2(C)CC2)NS(=O)C(C)(C)C)cc1. The summed E-state index contributed by atoms with van der Waals surface area (Å²) in [5, 5.41) is 0. The molecule has 1 unspecified atom stereocenters. The molecule has 1 saturated carbocycles. The van der Waals surface area contributed by atoms with E-state index in [4.69, 9.17) is 4.74 Å². The van der Waals surface area contributed by atoms with Gasteiger partial charge in [-0.2, -0.15) is 0 Å². The second-order valence-corrected chi connectivity index (χ2v) is 10.2. The van der Waals surface area contributed by atoms with Gasteiger partial charge in [0.1, 0.15) is 0 Å². The quantitative estimate of drug-likeness (QED) is 0.688. The van der Waals surface area contributed by atoms with Gasteiger partial charge in [0, 0.05) is 6.04 Å². The predicted octanol–water partition coefficient (Wildman–Crippen LogP) is 4.54. The highest BCUT2D eigenvalue weighted by molar-refractivity contribution is 7.84. The van der Waals surface area contributed by atoms with Crippen molar-refractivity contribution in [3.63, 3.8) is 0 Å². The maximum absolute atomic E-state index is 12.6. The number of carbonyl (C=O) groups is 1. The molecule has 0 aromatic heterocycles. The smallest absolute Gasteiger partial charge is 0.338 e. The van der Waals surface area contributed by atoms with Crippen LogP contribution in [0.5, 0.6) is 0 Å². The highest BCUT2D eigenvalue weighted by atomic mass is 32.2. The molecule has 140 valence electrons. The van der Waals surface area contributed by atoms with Gasteiger partial charge in [0.2, 0.25) is 0 Å². The average Bonchev–Trinajstić information content (AvgIpc) is 3.28. The van der Waals surface area contributed by atoms with Gasteiger partial charge in [-0.15, -0.1) is 0 Å². The van der Waals surface area contributed by atoms with Crippen LogP contribution < -0.4 is 4.72 Å². The first-order chi connectivity index (χ1) is 11.6. The minimum atomic E-state index is -1.13. The number of ether oxygens (including phenoxy) is 1. The highest BCUT2D eigenvalue weighted by Crippen LogP contribution is 2.50. The van der Waals surface area contributed by atoms with Crippen LogP contribution in [-0.4, -0.2) is 21.5 Å². The van der Waals surface area contributed by atoms with Crippen molar-refractivity contribution in [2.75, 3.05) is 6.61 Å². The number of nitrogens with one attached hydrogen (secondary N) is 1. The Morgan fingerprint density at radius 3 is 2.36 bits per heavy atom. The van der Waals surface area contributed by atoms with Crippen molar-refractivity contribution in [3.8, 4) is 0 Å². The molecule has 2 rings (SSSR count). The molecule has 0 heterocycles. The van der Waals surface area contributed by atoms with E-state index >= 15 is 0 Å². The van der Waals surface area contributed by atoms with Crippen LogP contribution >= 0.6 is 0 Å². The fourth-order valence-electron chi connectivity index (χ4n) is 2.62. The van der Waals surface area contributed by atoms with E-state index in [1.807, 2.05) is 32.9 Å². The first kappa shape index (κ1) is 20.1. The molecular formula is C20H31NO3S. The predicted molar refractivity (Wildman–Crippen MR) is 103 cm³/mol. The molecule has 2 atom stereocenters. The van der Waals surface area contributed by atoms with Gasteiger partial charge >= 0.3 is 5.97 Å². The van der Waals surface area contributed by atoms with E-state index in [1.165, 1.54) is 12.8 Å². The second-order valence-electron chi connectivity index (χ2n) is 8.24. The molecule has 1 N–H and O–H groups in total. The zero-order valence-corrected chi connectivity index (χ0v) is 16.9. The Morgan fingerprint density at radius 1 is 1.28 bits per heavy atom. The van der Waals surface area contributed by atoms with Gasteiger partial charge in [-0.25, -0.2) is 13.7 Å². The van der Waals surface area contributed by atoms with E-state index in [-0.39, 0.29) is 16.8 Å². The van der Waals surface area contributed by atoms with Crippen molar-refractivity contribution in [1.29, 1.82) is 0 Å². The molecule has 1 aliphatic rings. The summed E-state index contributed by atoms with van der Waals surface area (Å²) in [4.78, 5) is 11.8. The van der Waals surface area contributed by atoms with Gasteiger partial charge in [-0.05, 0) is 76.5 Å². The summed E-state index contributed by atoms with van der Waals surface area (Å²) in [5.74, 6) is -0.303. The number of rotatable bonds is 8. The molecule has 0 radical (unpaired) electrons. The van der Waals surface area contributed by atoms with Crippen molar-refractivity contribution >= 4 is 17.0 Å². The van der Waals surface area contributed by atoms with E-state index in [1.54, 1.807) is 19.1 Å². The lowest BCUT2D eigenvalue weighted by atomic mass is 9.95. The van der Waals surface area contributed by atoms with Crippen LogP contribution in [0, 0.1) is 5.41 Å². The largest absolute Gasteiger partial charge is 0.462 e. The zero-order valence-electron chi connectivity index (χ0n) is 16.1. The monoisotopic (exact) mass is 365 g/mol. The van der Waals surface area contributed by atoms with E-state index in [0.29, 0.717) is 17.6 Å². The molecule has 25 heavy (non-hydrogen) atoms. The molecule has 1 aliphatic carbocycles. The molecule has 4 nitrogen and oxygen atoms in total. The summed E-state index contributed by atoms with van der Waals surface area (Å²) in [6.45, 7) is 10.4. The molecule has 1 aromatic rings. The maximum atomic E-state index is 12.6. The normalized spacial score (nSPS) is 18.4. The average molecular weight is 366 g/mol. The number of esters is 1. The summed E-state index contributed by atoms with van der Waals surface area (Å²) in [7, 11) is -1.13. The lowest BCUT2D eigenvalue weighted by Gasteiger charge is -2.25. The molecule has 5 heteroatoms. The minimum absolute atomic E-state index is 0.0220. The Bertz CT molecular complexity index is 615. The third-order valence-electron chi connectivity index (χ3n) is 4.77. The summed E-state index contributed by atoms with van der Waals surface area (Å²) >= 11 is 0. The van der Waals surface area contributed by atoms with Gasteiger partial charge in [0.15, 0.2) is 0 Å². The van der Waals surface area contributed by atoms with Crippen LogP contribution in [0.2, 0.25) is 0 Å². The number of benzene rings is 1. The number of carbonyl (C=O) groups excluding carboxylic acids is 1. The Morgan fingerprint density at radius 2 is 1.88 bits per heavy atom.